The van der Waals surface area contributed by atoms with Gasteiger partial charge in [-0.2, -0.15) is 0 Å². The lowest BCUT2D eigenvalue weighted by Gasteiger charge is -2.45. The third kappa shape index (κ3) is 2.39. The molecule has 4 nitrogen and oxygen atoms in total. The molecule has 1 aromatic rings. The van der Waals surface area contributed by atoms with Gasteiger partial charge in [0.2, 0.25) is 5.91 Å². The van der Waals surface area contributed by atoms with Crippen molar-refractivity contribution in [3.63, 3.8) is 0 Å². The molecule has 4 heteroatoms. The molecule has 3 aliphatic heterocycles. The monoisotopic (exact) mass is 328 g/mol. The molecule has 1 amide bonds. The van der Waals surface area contributed by atoms with Crippen LogP contribution in [0.2, 0.25) is 0 Å². The standard InChI is InChI=1S/C20H28N2O2/c23-16-19(17-7-2-1-3-8-17)9-4-12-21(15-19)18(24)20-10-5-13-22(20)14-6-11-20/h1-3,7-8,23H,4-6,9-16H2. The molecule has 3 fully saturated rings. The molecule has 0 bridgehead atoms. The maximum absolute atomic E-state index is 13.4. The van der Waals surface area contributed by atoms with E-state index in [0.717, 1.165) is 63.7 Å². The van der Waals surface area contributed by atoms with E-state index in [4.69, 9.17) is 0 Å². The van der Waals surface area contributed by atoms with Crippen molar-refractivity contribution in [3.05, 3.63) is 35.9 Å². The minimum absolute atomic E-state index is 0.109. The number of piperidine rings is 1. The van der Waals surface area contributed by atoms with Crippen LogP contribution in [0.15, 0.2) is 30.3 Å². The van der Waals surface area contributed by atoms with E-state index >= 15 is 0 Å². The summed E-state index contributed by atoms with van der Waals surface area (Å²) in [7, 11) is 0. The molecule has 0 aliphatic carbocycles. The summed E-state index contributed by atoms with van der Waals surface area (Å²) in [6, 6.07) is 10.3. The number of nitrogens with zero attached hydrogens (tertiary/aromatic N) is 2. The molecule has 1 unspecified atom stereocenters. The number of amides is 1. The first-order chi connectivity index (χ1) is 11.7. The third-order valence-corrected chi connectivity index (χ3v) is 6.59. The highest BCUT2D eigenvalue weighted by Crippen LogP contribution is 2.42. The Morgan fingerprint density at radius 3 is 2.33 bits per heavy atom. The van der Waals surface area contributed by atoms with Gasteiger partial charge in [-0.25, -0.2) is 0 Å². The number of carbonyl (C=O) groups excluding carboxylic acids is 1. The fourth-order valence-corrected chi connectivity index (χ4v) is 5.30. The van der Waals surface area contributed by atoms with Gasteiger partial charge in [0.05, 0.1) is 6.61 Å². The molecule has 0 spiro atoms. The zero-order chi connectivity index (χ0) is 16.6. The average molecular weight is 328 g/mol. The van der Waals surface area contributed by atoms with Gasteiger partial charge < -0.3 is 10.0 Å². The number of rotatable bonds is 3. The van der Waals surface area contributed by atoms with Crippen LogP contribution in [0.3, 0.4) is 0 Å². The zero-order valence-electron chi connectivity index (χ0n) is 14.4. The fraction of sp³-hybridized carbons (Fsp3) is 0.650. The Balaban J connectivity index is 1.59. The van der Waals surface area contributed by atoms with Crippen molar-refractivity contribution in [1.82, 2.24) is 9.80 Å². The quantitative estimate of drug-likeness (QED) is 0.925. The lowest BCUT2D eigenvalue weighted by Crippen LogP contribution is -2.58. The van der Waals surface area contributed by atoms with E-state index in [0.29, 0.717) is 12.5 Å². The molecule has 130 valence electrons. The lowest BCUT2D eigenvalue weighted by atomic mass is 9.74. The molecule has 1 aromatic carbocycles. The minimum Gasteiger partial charge on any atom is -0.395 e. The predicted molar refractivity (Wildman–Crippen MR) is 93.8 cm³/mol. The summed E-state index contributed by atoms with van der Waals surface area (Å²) in [5.41, 5.74) is 0.639. The minimum atomic E-state index is -0.298. The highest BCUT2D eigenvalue weighted by atomic mass is 16.3. The SMILES string of the molecule is O=C(N1CCCC(CO)(c2ccccc2)C1)C12CCCN1CCC2. The smallest absolute Gasteiger partial charge is 0.243 e. The van der Waals surface area contributed by atoms with Crippen molar-refractivity contribution in [2.75, 3.05) is 32.8 Å². The van der Waals surface area contributed by atoms with Crippen LogP contribution >= 0.6 is 0 Å². The molecule has 0 aromatic heterocycles. The normalized spacial score (nSPS) is 29.6. The Morgan fingerprint density at radius 1 is 1.00 bits per heavy atom. The molecule has 3 aliphatic rings. The molecule has 1 atom stereocenters. The van der Waals surface area contributed by atoms with Crippen LogP contribution in [0.1, 0.15) is 44.1 Å². The third-order valence-electron chi connectivity index (χ3n) is 6.59. The molecule has 4 rings (SSSR count). The predicted octanol–water partition coefficient (Wildman–Crippen LogP) is 2.17. The van der Waals surface area contributed by atoms with E-state index in [-0.39, 0.29) is 17.6 Å². The van der Waals surface area contributed by atoms with Crippen LogP contribution in [0.25, 0.3) is 0 Å². The van der Waals surface area contributed by atoms with Gasteiger partial charge in [0, 0.05) is 18.5 Å². The lowest BCUT2D eigenvalue weighted by molar-refractivity contribution is -0.144. The van der Waals surface area contributed by atoms with Crippen LogP contribution < -0.4 is 0 Å². The number of benzene rings is 1. The largest absolute Gasteiger partial charge is 0.395 e. The molecular weight excluding hydrogens is 300 g/mol. The molecule has 0 saturated carbocycles. The van der Waals surface area contributed by atoms with Gasteiger partial charge in [-0.3, -0.25) is 9.69 Å². The summed E-state index contributed by atoms with van der Waals surface area (Å²) in [5.74, 6) is 0.325. The number of aliphatic hydroxyl groups is 1. The number of hydrogen-bond acceptors (Lipinski definition) is 3. The van der Waals surface area contributed by atoms with Crippen molar-refractivity contribution >= 4 is 5.91 Å². The first-order valence-corrected chi connectivity index (χ1v) is 9.41. The average Bonchev–Trinajstić information content (AvgIpc) is 3.23. The summed E-state index contributed by atoms with van der Waals surface area (Å²) < 4.78 is 0. The molecule has 3 saturated heterocycles. The van der Waals surface area contributed by atoms with E-state index in [1.165, 1.54) is 0 Å². The summed E-state index contributed by atoms with van der Waals surface area (Å²) in [6.07, 6.45) is 6.23. The first kappa shape index (κ1) is 16.1. The van der Waals surface area contributed by atoms with Crippen molar-refractivity contribution in [3.8, 4) is 0 Å². The molecule has 24 heavy (non-hydrogen) atoms. The van der Waals surface area contributed by atoms with Crippen molar-refractivity contribution < 1.29 is 9.90 Å². The van der Waals surface area contributed by atoms with Gasteiger partial charge in [-0.1, -0.05) is 30.3 Å². The van der Waals surface area contributed by atoms with Crippen molar-refractivity contribution in [2.45, 2.75) is 49.5 Å². The summed E-state index contributed by atoms with van der Waals surface area (Å²) >= 11 is 0. The van der Waals surface area contributed by atoms with Gasteiger partial charge in [-0.05, 0) is 57.2 Å². The van der Waals surface area contributed by atoms with Gasteiger partial charge in [-0.15, -0.1) is 0 Å². The van der Waals surface area contributed by atoms with E-state index in [1.54, 1.807) is 0 Å². The Kier molecular flexibility index (Phi) is 4.13. The second kappa shape index (κ2) is 6.16. The van der Waals surface area contributed by atoms with Crippen LogP contribution in [-0.2, 0) is 10.2 Å². The second-order valence-electron chi connectivity index (χ2n) is 7.86. The van der Waals surface area contributed by atoms with Gasteiger partial charge >= 0.3 is 0 Å². The van der Waals surface area contributed by atoms with Crippen LogP contribution in [0, 0.1) is 0 Å². The highest BCUT2D eigenvalue weighted by Gasteiger charge is 2.53. The molecule has 3 heterocycles. The topological polar surface area (TPSA) is 43.8 Å². The first-order valence-electron chi connectivity index (χ1n) is 9.41. The maximum Gasteiger partial charge on any atom is 0.243 e. The van der Waals surface area contributed by atoms with Crippen LogP contribution in [0.5, 0.6) is 0 Å². The summed E-state index contributed by atoms with van der Waals surface area (Å²) in [5, 5.41) is 10.2. The van der Waals surface area contributed by atoms with Crippen molar-refractivity contribution in [1.29, 1.82) is 0 Å². The maximum atomic E-state index is 13.4. The van der Waals surface area contributed by atoms with E-state index in [2.05, 4.69) is 21.9 Å². The van der Waals surface area contributed by atoms with E-state index in [9.17, 15) is 9.90 Å². The Hall–Kier alpha value is -1.39. The Bertz CT molecular complexity index is 593. The number of hydrogen-bond donors (Lipinski definition) is 1. The number of likely N-dealkylation sites (tertiary alicyclic amines) is 1. The fourth-order valence-electron chi connectivity index (χ4n) is 5.30. The number of aliphatic hydroxyl groups excluding tert-OH is 1. The van der Waals surface area contributed by atoms with Gasteiger partial charge in [0.1, 0.15) is 5.54 Å². The van der Waals surface area contributed by atoms with Crippen LogP contribution in [0.4, 0.5) is 0 Å². The molecule has 0 radical (unpaired) electrons. The van der Waals surface area contributed by atoms with Gasteiger partial charge in [0.25, 0.3) is 0 Å². The number of fused-ring (bicyclic) bond motifs is 1. The highest BCUT2D eigenvalue weighted by molar-refractivity contribution is 5.87. The summed E-state index contributed by atoms with van der Waals surface area (Å²) in [4.78, 5) is 17.9. The second-order valence-corrected chi connectivity index (χ2v) is 7.86. The van der Waals surface area contributed by atoms with E-state index in [1.807, 2.05) is 18.2 Å². The van der Waals surface area contributed by atoms with E-state index < -0.39 is 0 Å². The number of carbonyl (C=O) groups is 1. The zero-order valence-corrected chi connectivity index (χ0v) is 14.4. The Morgan fingerprint density at radius 2 is 1.67 bits per heavy atom. The van der Waals surface area contributed by atoms with Crippen LogP contribution in [-0.4, -0.2) is 59.1 Å². The van der Waals surface area contributed by atoms with Crippen molar-refractivity contribution in [2.24, 2.45) is 0 Å². The van der Waals surface area contributed by atoms with Gasteiger partial charge in [0.15, 0.2) is 0 Å². The molecular formula is C20H28N2O2. The summed E-state index contributed by atoms with van der Waals surface area (Å²) in [6.45, 7) is 3.75. The Labute approximate surface area is 144 Å². The molecule has 1 N–H and O–H groups in total.